The standard InChI is InChI=1S/C13H13NO.BH3O3.ClH/c1-9-5-7-10(8-6-9)13-11(14)3-2-4-12(13)15;2-1(3)4;/h2-8,15H,14H2,1H3;2-4H;1H. The molecule has 6 N–H and O–H groups in total. The molecule has 0 fully saturated rings. The number of aromatic hydroxyl groups is 1. The third-order valence-corrected chi connectivity index (χ3v) is 2.41. The largest absolute Gasteiger partial charge is 0.631 e. The van der Waals surface area contributed by atoms with Crippen molar-refractivity contribution in [2.75, 3.05) is 5.73 Å². The van der Waals surface area contributed by atoms with E-state index >= 15 is 0 Å². The average molecular weight is 298 g/mol. The number of phenols is 1. The van der Waals surface area contributed by atoms with E-state index in [1.165, 1.54) is 5.56 Å². The molecule has 0 unspecified atom stereocenters. The first-order chi connectivity index (χ1) is 8.91. The highest BCUT2D eigenvalue weighted by atomic mass is 35.5. The van der Waals surface area contributed by atoms with Crippen LogP contribution in [0.25, 0.3) is 11.1 Å². The maximum atomic E-state index is 9.73. The van der Waals surface area contributed by atoms with E-state index in [1.807, 2.05) is 31.2 Å². The molecule has 0 aromatic heterocycles. The lowest BCUT2D eigenvalue weighted by molar-refractivity contribution is 0.278. The number of rotatable bonds is 1. The molecular weight excluding hydrogens is 280 g/mol. The van der Waals surface area contributed by atoms with Gasteiger partial charge in [0.05, 0.1) is 0 Å². The van der Waals surface area contributed by atoms with Crippen molar-refractivity contribution in [1.29, 1.82) is 0 Å². The van der Waals surface area contributed by atoms with Gasteiger partial charge in [0.15, 0.2) is 0 Å². The third kappa shape index (κ3) is 5.50. The fourth-order valence-electron chi connectivity index (χ4n) is 1.59. The Morgan fingerprint density at radius 3 is 1.90 bits per heavy atom. The van der Waals surface area contributed by atoms with Gasteiger partial charge in [-0.2, -0.15) is 0 Å². The van der Waals surface area contributed by atoms with Crippen LogP contribution in [0.15, 0.2) is 42.5 Å². The Kier molecular flexibility index (Phi) is 7.72. The van der Waals surface area contributed by atoms with E-state index < -0.39 is 7.32 Å². The van der Waals surface area contributed by atoms with Crippen LogP contribution in [0.2, 0.25) is 0 Å². The summed E-state index contributed by atoms with van der Waals surface area (Å²) in [5.41, 5.74) is 9.26. The lowest BCUT2D eigenvalue weighted by atomic mass is 10.0. The summed E-state index contributed by atoms with van der Waals surface area (Å²) in [7, 11) is -2.17. The van der Waals surface area contributed by atoms with E-state index in [9.17, 15) is 5.11 Å². The molecule has 2 aromatic rings. The molecule has 2 aromatic carbocycles. The average Bonchev–Trinajstić information content (AvgIpc) is 2.30. The first kappa shape index (κ1) is 18.3. The quantitative estimate of drug-likeness (QED) is 0.403. The van der Waals surface area contributed by atoms with Gasteiger partial charge in [-0.05, 0) is 24.6 Å². The molecule has 0 saturated carbocycles. The van der Waals surface area contributed by atoms with Crippen molar-refractivity contribution < 1.29 is 20.2 Å². The van der Waals surface area contributed by atoms with Crippen LogP contribution in [-0.2, 0) is 0 Å². The molecule has 0 atom stereocenters. The Bertz CT molecular complexity index is 511. The van der Waals surface area contributed by atoms with Gasteiger partial charge in [-0.1, -0.05) is 35.9 Å². The summed E-state index contributed by atoms with van der Waals surface area (Å²) in [6.07, 6.45) is 0. The Hall–Kier alpha value is -1.73. The lowest BCUT2D eigenvalue weighted by Gasteiger charge is -2.08. The van der Waals surface area contributed by atoms with E-state index in [-0.39, 0.29) is 18.2 Å². The molecule has 0 spiro atoms. The monoisotopic (exact) mass is 297 g/mol. The second-order valence-corrected chi connectivity index (χ2v) is 3.95. The predicted octanol–water partition coefficient (Wildman–Crippen LogP) is 1.32. The van der Waals surface area contributed by atoms with Crippen molar-refractivity contribution in [3.05, 3.63) is 48.0 Å². The van der Waals surface area contributed by atoms with Crippen molar-refractivity contribution in [3.63, 3.8) is 0 Å². The van der Waals surface area contributed by atoms with Crippen molar-refractivity contribution in [2.45, 2.75) is 6.92 Å². The Labute approximate surface area is 123 Å². The minimum atomic E-state index is -2.17. The maximum absolute atomic E-state index is 9.73. The molecule has 0 heterocycles. The summed E-state index contributed by atoms with van der Waals surface area (Å²) >= 11 is 0. The highest BCUT2D eigenvalue weighted by Crippen LogP contribution is 2.34. The number of hydrogen-bond acceptors (Lipinski definition) is 5. The van der Waals surface area contributed by atoms with Crippen LogP contribution in [0.5, 0.6) is 5.75 Å². The smallest absolute Gasteiger partial charge is 0.507 e. The fourth-order valence-corrected chi connectivity index (χ4v) is 1.59. The van der Waals surface area contributed by atoms with E-state index in [0.717, 1.165) is 5.56 Å². The number of nitrogen functional groups attached to an aromatic ring is 1. The minimum Gasteiger partial charge on any atom is -0.507 e. The molecule has 0 aliphatic carbocycles. The summed E-state index contributed by atoms with van der Waals surface area (Å²) < 4.78 is 0. The zero-order valence-electron chi connectivity index (χ0n) is 10.9. The summed E-state index contributed by atoms with van der Waals surface area (Å²) in [4.78, 5) is 0. The number of benzene rings is 2. The molecule has 0 amide bonds. The normalized spacial score (nSPS) is 9.00. The molecular formula is C13H17BClNO4. The van der Waals surface area contributed by atoms with Crippen LogP contribution in [0.1, 0.15) is 5.56 Å². The minimum absolute atomic E-state index is 0. The molecule has 0 bridgehead atoms. The summed E-state index contributed by atoms with van der Waals surface area (Å²) in [5.74, 6) is 0.221. The number of aryl methyl sites for hydroxylation is 1. The number of anilines is 1. The van der Waals surface area contributed by atoms with Crippen molar-refractivity contribution in [2.24, 2.45) is 0 Å². The maximum Gasteiger partial charge on any atom is 0.631 e. The molecule has 0 saturated heterocycles. The number of phenolic OH excluding ortho intramolecular Hbond substituents is 1. The number of halogens is 1. The topological polar surface area (TPSA) is 107 Å². The lowest BCUT2D eigenvalue weighted by Crippen LogP contribution is -2.07. The van der Waals surface area contributed by atoms with Gasteiger partial charge in [-0.15, -0.1) is 12.4 Å². The summed E-state index contributed by atoms with van der Waals surface area (Å²) in [5, 5.41) is 31.2. The van der Waals surface area contributed by atoms with Gasteiger partial charge in [0.1, 0.15) is 5.75 Å². The number of nitrogens with two attached hydrogens (primary N) is 1. The third-order valence-electron chi connectivity index (χ3n) is 2.41. The molecule has 2 rings (SSSR count). The summed E-state index contributed by atoms with van der Waals surface area (Å²) in [6, 6.07) is 13.1. The SMILES string of the molecule is Cc1ccc(-c2c(N)cccc2O)cc1.Cl.OB(O)O. The molecule has 108 valence electrons. The highest BCUT2D eigenvalue weighted by molar-refractivity contribution is 6.30. The molecule has 20 heavy (non-hydrogen) atoms. The zero-order valence-corrected chi connectivity index (χ0v) is 11.7. The van der Waals surface area contributed by atoms with Gasteiger partial charge in [0, 0.05) is 11.3 Å². The number of hydrogen-bond donors (Lipinski definition) is 5. The first-order valence-corrected chi connectivity index (χ1v) is 5.60. The van der Waals surface area contributed by atoms with Gasteiger partial charge < -0.3 is 25.9 Å². The van der Waals surface area contributed by atoms with Crippen LogP contribution in [0.3, 0.4) is 0 Å². The molecule has 0 aliphatic rings. The Morgan fingerprint density at radius 1 is 0.950 bits per heavy atom. The van der Waals surface area contributed by atoms with Gasteiger partial charge in [0.25, 0.3) is 0 Å². The van der Waals surface area contributed by atoms with E-state index in [4.69, 9.17) is 20.8 Å². The Balaban J connectivity index is 0.000000644. The van der Waals surface area contributed by atoms with Crippen LogP contribution in [-0.4, -0.2) is 27.5 Å². The van der Waals surface area contributed by atoms with Crippen molar-refractivity contribution >= 4 is 25.4 Å². The first-order valence-electron chi connectivity index (χ1n) is 5.60. The fraction of sp³-hybridized carbons (Fsp3) is 0.0769. The Morgan fingerprint density at radius 2 is 1.45 bits per heavy atom. The van der Waals surface area contributed by atoms with E-state index in [0.29, 0.717) is 11.3 Å². The molecule has 7 heteroatoms. The van der Waals surface area contributed by atoms with E-state index in [2.05, 4.69) is 0 Å². The second-order valence-electron chi connectivity index (χ2n) is 3.95. The highest BCUT2D eigenvalue weighted by Gasteiger charge is 2.06. The zero-order chi connectivity index (χ0) is 14.4. The van der Waals surface area contributed by atoms with Crippen LogP contribution in [0, 0.1) is 6.92 Å². The van der Waals surface area contributed by atoms with Crippen molar-refractivity contribution in [3.8, 4) is 16.9 Å². The van der Waals surface area contributed by atoms with Crippen molar-refractivity contribution in [1.82, 2.24) is 0 Å². The molecule has 0 radical (unpaired) electrons. The molecule has 5 nitrogen and oxygen atoms in total. The van der Waals surface area contributed by atoms with Crippen LogP contribution >= 0.6 is 12.4 Å². The van der Waals surface area contributed by atoms with E-state index in [1.54, 1.807) is 18.2 Å². The van der Waals surface area contributed by atoms with Gasteiger partial charge >= 0.3 is 7.32 Å². The second kappa shape index (κ2) is 8.45. The van der Waals surface area contributed by atoms with Gasteiger partial charge in [-0.3, -0.25) is 0 Å². The predicted molar refractivity (Wildman–Crippen MR) is 82.4 cm³/mol. The summed E-state index contributed by atoms with van der Waals surface area (Å²) in [6.45, 7) is 2.03. The van der Waals surface area contributed by atoms with Gasteiger partial charge in [-0.25, -0.2) is 0 Å². The molecule has 0 aliphatic heterocycles. The van der Waals surface area contributed by atoms with Crippen LogP contribution in [0.4, 0.5) is 5.69 Å². The van der Waals surface area contributed by atoms with Gasteiger partial charge in [0.2, 0.25) is 0 Å². The van der Waals surface area contributed by atoms with Crippen LogP contribution < -0.4 is 5.73 Å².